The number of amides is 1. The molecule has 0 radical (unpaired) electrons. The molecule has 1 rings (SSSR count). The molecule has 0 spiro atoms. The topological polar surface area (TPSA) is 29.1 Å². The van der Waals surface area contributed by atoms with E-state index < -0.39 is 0 Å². The summed E-state index contributed by atoms with van der Waals surface area (Å²) in [6.45, 7) is 3.99. The monoisotopic (exact) mass is 255 g/mol. The molecule has 1 N–H and O–H groups in total. The van der Waals surface area contributed by atoms with Gasteiger partial charge in [-0.1, -0.05) is 40.5 Å². The van der Waals surface area contributed by atoms with Gasteiger partial charge in [0.2, 0.25) is 5.91 Å². The van der Waals surface area contributed by atoms with Crippen molar-refractivity contribution >= 4 is 27.5 Å². The van der Waals surface area contributed by atoms with Gasteiger partial charge < -0.3 is 5.32 Å². The Morgan fingerprint density at radius 3 is 2.50 bits per heavy atom. The normalized spacial score (nSPS) is 12.2. The molecule has 0 aliphatic carbocycles. The van der Waals surface area contributed by atoms with Crippen molar-refractivity contribution in [1.29, 1.82) is 0 Å². The van der Waals surface area contributed by atoms with Crippen molar-refractivity contribution in [2.45, 2.75) is 25.1 Å². The Morgan fingerprint density at radius 1 is 1.43 bits per heavy atom. The third kappa shape index (κ3) is 3.14. The second-order valence-corrected chi connectivity index (χ2v) is 4.34. The van der Waals surface area contributed by atoms with Crippen LogP contribution < -0.4 is 5.32 Å². The second-order valence-electron chi connectivity index (χ2n) is 3.23. The largest absolute Gasteiger partial charge is 0.325 e. The van der Waals surface area contributed by atoms with Gasteiger partial charge >= 0.3 is 0 Å². The number of hydrogen-bond donors (Lipinski definition) is 1. The summed E-state index contributed by atoms with van der Waals surface area (Å²) < 4.78 is 0. The van der Waals surface area contributed by atoms with Gasteiger partial charge in [-0.3, -0.25) is 4.79 Å². The Labute approximate surface area is 92.8 Å². The number of carbonyl (C=O) groups is 1. The van der Waals surface area contributed by atoms with Crippen LogP contribution in [0.3, 0.4) is 0 Å². The molecule has 0 unspecified atom stereocenters. The zero-order chi connectivity index (χ0) is 10.6. The number of alkyl halides is 1. The molecule has 3 heteroatoms. The fourth-order valence-corrected chi connectivity index (χ4v) is 1.16. The van der Waals surface area contributed by atoms with Gasteiger partial charge in [0, 0.05) is 5.69 Å². The number of aryl methyl sites for hydroxylation is 1. The predicted octanol–water partition coefficient (Wildman–Crippen LogP) is 3.11. The van der Waals surface area contributed by atoms with Crippen molar-refractivity contribution in [3.63, 3.8) is 0 Å². The fraction of sp³-hybridized carbons (Fsp3) is 0.364. The molecule has 0 fully saturated rings. The quantitative estimate of drug-likeness (QED) is 0.827. The van der Waals surface area contributed by atoms with Crippen molar-refractivity contribution in [2.75, 3.05) is 5.32 Å². The Balaban J connectivity index is 2.60. The first-order valence-electron chi connectivity index (χ1n) is 4.65. The number of benzene rings is 1. The summed E-state index contributed by atoms with van der Waals surface area (Å²) >= 11 is 3.30. The molecule has 14 heavy (non-hydrogen) atoms. The molecule has 0 saturated carbocycles. The highest BCUT2D eigenvalue weighted by atomic mass is 79.9. The molecule has 1 atom stereocenters. The maximum absolute atomic E-state index is 11.5. The van der Waals surface area contributed by atoms with Crippen LogP contribution in [0.4, 0.5) is 5.69 Å². The molecule has 1 aromatic carbocycles. The van der Waals surface area contributed by atoms with Crippen LogP contribution in [0.25, 0.3) is 0 Å². The van der Waals surface area contributed by atoms with E-state index in [4.69, 9.17) is 0 Å². The number of nitrogens with one attached hydrogen (secondary N) is 1. The third-order valence-electron chi connectivity index (χ3n) is 1.96. The molecule has 0 aliphatic rings. The van der Waals surface area contributed by atoms with Crippen molar-refractivity contribution in [3.8, 4) is 0 Å². The average molecular weight is 256 g/mol. The van der Waals surface area contributed by atoms with E-state index in [9.17, 15) is 4.79 Å². The number of halogens is 1. The summed E-state index contributed by atoms with van der Waals surface area (Å²) in [6.07, 6.45) is 0.789. The first kappa shape index (κ1) is 11.2. The van der Waals surface area contributed by atoms with Gasteiger partial charge in [-0.15, -0.1) is 0 Å². The number of hydrogen-bond acceptors (Lipinski definition) is 1. The number of anilines is 1. The summed E-state index contributed by atoms with van der Waals surface area (Å²) in [5.74, 6) is 0.0105. The molecule has 0 aliphatic heterocycles. The minimum atomic E-state index is -0.108. The SMILES string of the molecule is CC[C@@H](Br)C(=O)Nc1ccc(C)cc1. The van der Waals surface area contributed by atoms with Gasteiger partial charge in [-0.2, -0.15) is 0 Å². The van der Waals surface area contributed by atoms with Gasteiger partial charge in [-0.05, 0) is 25.5 Å². The lowest BCUT2D eigenvalue weighted by Gasteiger charge is -2.08. The molecule has 0 heterocycles. The first-order chi connectivity index (χ1) is 6.63. The van der Waals surface area contributed by atoms with Crippen molar-refractivity contribution < 1.29 is 4.79 Å². The lowest BCUT2D eigenvalue weighted by Crippen LogP contribution is -2.21. The second kappa shape index (κ2) is 5.15. The van der Waals surface area contributed by atoms with Crippen molar-refractivity contribution in [1.82, 2.24) is 0 Å². The minimum absolute atomic E-state index is 0.0105. The maximum Gasteiger partial charge on any atom is 0.238 e. The van der Waals surface area contributed by atoms with E-state index in [1.54, 1.807) is 0 Å². The summed E-state index contributed by atoms with van der Waals surface area (Å²) in [5.41, 5.74) is 2.03. The van der Waals surface area contributed by atoms with Gasteiger partial charge in [0.1, 0.15) is 0 Å². The van der Waals surface area contributed by atoms with Crippen LogP contribution in [-0.4, -0.2) is 10.7 Å². The molecule has 1 amide bonds. The summed E-state index contributed by atoms with van der Waals surface area (Å²) in [4.78, 5) is 11.4. The molecule has 0 aromatic heterocycles. The van der Waals surface area contributed by atoms with Crippen LogP contribution in [0.2, 0.25) is 0 Å². The highest BCUT2D eigenvalue weighted by Gasteiger charge is 2.11. The maximum atomic E-state index is 11.5. The molecule has 2 nitrogen and oxygen atoms in total. The number of carbonyl (C=O) groups excluding carboxylic acids is 1. The Hall–Kier alpha value is -0.830. The molecular weight excluding hydrogens is 242 g/mol. The number of rotatable bonds is 3. The van der Waals surface area contributed by atoms with Crippen molar-refractivity contribution in [2.24, 2.45) is 0 Å². The highest BCUT2D eigenvalue weighted by Crippen LogP contribution is 2.12. The summed E-state index contributed by atoms with van der Waals surface area (Å²) in [6, 6.07) is 7.76. The Bertz CT molecular complexity index is 308. The van der Waals surface area contributed by atoms with Gasteiger partial charge in [0.05, 0.1) is 4.83 Å². The zero-order valence-corrected chi connectivity index (χ0v) is 9.97. The Kier molecular flexibility index (Phi) is 4.14. The van der Waals surface area contributed by atoms with Gasteiger partial charge in [0.25, 0.3) is 0 Å². The zero-order valence-electron chi connectivity index (χ0n) is 8.38. The standard InChI is InChI=1S/C11H14BrNO/c1-3-10(12)11(14)13-9-6-4-8(2)5-7-9/h4-7,10H,3H2,1-2H3,(H,13,14)/t10-/m1/s1. The smallest absolute Gasteiger partial charge is 0.238 e. The summed E-state index contributed by atoms with van der Waals surface area (Å²) in [5, 5.41) is 2.83. The van der Waals surface area contributed by atoms with Crippen LogP contribution in [0.5, 0.6) is 0 Å². The van der Waals surface area contributed by atoms with Crippen LogP contribution in [0, 0.1) is 6.92 Å². The lowest BCUT2D eigenvalue weighted by atomic mass is 10.2. The lowest BCUT2D eigenvalue weighted by molar-refractivity contribution is -0.115. The molecule has 0 bridgehead atoms. The first-order valence-corrected chi connectivity index (χ1v) is 5.56. The minimum Gasteiger partial charge on any atom is -0.325 e. The predicted molar refractivity (Wildman–Crippen MR) is 62.8 cm³/mol. The highest BCUT2D eigenvalue weighted by molar-refractivity contribution is 9.10. The third-order valence-corrected chi connectivity index (χ3v) is 3.03. The molecule has 0 saturated heterocycles. The fourth-order valence-electron chi connectivity index (χ4n) is 1.04. The van der Waals surface area contributed by atoms with Crippen LogP contribution >= 0.6 is 15.9 Å². The van der Waals surface area contributed by atoms with Crippen molar-refractivity contribution in [3.05, 3.63) is 29.8 Å². The molecule has 76 valence electrons. The van der Waals surface area contributed by atoms with E-state index in [2.05, 4.69) is 21.2 Å². The molecular formula is C11H14BrNO. The van der Waals surface area contributed by atoms with Crippen LogP contribution in [-0.2, 0) is 4.79 Å². The van der Waals surface area contributed by atoms with E-state index in [0.29, 0.717) is 0 Å². The van der Waals surface area contributed by atoms with E-state index >= 15 is 0 Å². The van der Waals surface area contributed by atoms with Crippen LogP contribution in [0.1, 0.15) is 18.9 Å². The molecule has 1 aromatic rings. The van der Waals surface area contributed by atoms with Crippen LogP contribution in [0.15, 0.2) is 24.3 Å². The van der Waals surface area contributed by atoms with E-state index in [0.717, 1.165) is 12.1 Å². The van der Waals surface area contributed by atoms with E-state index in [-0.39, 0.29) is 10.7 Å². The van der Waals surface area contributed by atoms with E-state index in [1.807, 2.05) is 38.1 Å². The average Bonchev–Trinajstić information content (AvgIpc) is 2.20. The van der Waals surface area contributed by atoms with Gasteiger partial charge in [0.15, 0.2) is 0 Å². The van der Waals surface area contributed by atoms with Gasteiger partial charge in [-0.25, -0.2) is 0 Å². The Morgan fingerprint density at radius 2 is 2.00 bits per heavy atom. The van der Waals surface area contributed by atoms with E-state index in [1.165, 1.54) is 5.56 Å². The summed E-state index contributed by atoms with van der Waals surface area (Å²) in [7, 11) is 0.